The van der Waals surface area contributed by atoms with Gasteiger partial charge >= 0.3 is 0 Å². The molecule has 1 aromatic rings. The normalized spacial score (nSPS) is 19.5. The maximum absolute atomic E-state index is 12.1. The highest BCUT2D eigenvalue weighted by Crippen LogP contribution is 2.25. The first-order valence-electron chi connectivity index (χ1n) is 7.03. The van der Waals surface area contributed by atoms with E-state index in [0.29, 0.717) is 24.1 Å². The third-order valence-corrected chi connectivity index (χ3v) is 4.54. The Morgan fingerprint density at radius 2 is 2.30 bits per heavy atom. The molecule has 1 aliphatic heterocycles. The average molecular weight is 340 g/mol. The highest BCUT2D eigenvalue weighted by atomic mass is 79.9. The zero-order chi connectivity index (χ0) is 14.7. The second kappa shape index (κ2) is 6.59. The number of rotatable bonds is 4. The summed E-state index contributed by atoms with van der Waals surface area (Å²) in [5, 5.41) is 2.93. The minimum absolute atomic E-state index is 0.0277. The molecular formula is C15H22BrN3O. The van der Waals surface area contributed by atoms with Gasteiger partial charge in [-0.3, -0.25) is 9.69 Å². The topological polar surface area (TPSA) is 58.4 Å². The van der Waals surface area contributed by atoms with E-state index in [1.807, 2.05) is 6.07 Å². The number of nitrogen functional groups attached to an aromatic ring is 1. The molecule has 5 heteroatoms. The van der Waals surface area contributed by atoms with Crippen molar-refractivity contribution in [3.05, 3.63) is 22.7 Å². The summed E-state index contributed by atoms with van der Waals surface area (Å²) in [7, 11) is 0. The van der Waals surface area contributed by atoms with Crippen LogP contribution in [-0.4, -0.2) is 30.4 Å². The lowest BCUT2D eigenvalue weighted by Crippen LogP contribution is -2.32. The van der Waals surface area contributed by atoms with Crippen LogP contribution in [0.3, 0.4) is 0 Å². The van der Waals surface area contributed by atoms with Crippen LogP contribution < -0.4 is 11.1 Å². The van der Waals surface area contributed by atoms with Gasteiger partial charge in [-0.05, 0) is 58.9 Å². The van der Waals surface area contributed by atoms with E-state index in [9.17, 15) is 4.79 Å². The lowest BCUT2D eigenvalue weighted by molar-refractivity contribution is -0.117. The van der Waals surface area contributed by atoms with Gasteiger partial charge in [0, 0.05) is 16.7 Å². The fraction of sp³-hybridized carbons (Fsp3) is 0.533. The van der Waals surface area contributed by atoms with Gasteiger partial charge in [-0.2, -0.15) is 0 Å². The molecule has 1 aliphatic rings. The third kappa shape index (κ3) is 3.96. The molecule has 0 radical (unpaired) electrons. The molecule has 1 fully saturated rings. The third-order valence-electron chi connectivity index (χ3n) is 3.89. The zero-order valence-electron chi connectivity index (χ0n) is 12.0. The molecule has 2 rings (SSSR count). The van der Waals surface area contributed by atoms with Gasteiger partial charge in [0.2, 0.25) is 5.91 Å². The summed E-state index contributed by atoms with van der Waals surface area (Å²) in [5.74, 6) is 1.43. The molecule has 0 spiro atoms. The Morgan fingerprint density at radius 1 is 1.55 bits per heavy atom. The van der Waals surface area contributed by atoms with E-state index >= 15 is 0 Å². The van der Waals surface area contributed by atoms with Crippen LogP contribution in [0.2, 0.25) is 0 Å². The van der Waals surface area contributed by atoms with Crippen LogP contribution in [0.4, 0.5) is 11.4 Å². The summed E-state index contributed by atoms with van der Waals surface area (Å²) in [6.45, 7) is 6.99. The minimum Gasteiger partial charge on any atom is -0.399 e. The van der Waals surface area contributed by atoms with Gasteiger partial charge in [0.05, 0.1) is 12.2 Å². The lowest BCUT2D eigenvalue weighted by atomic mass is 9.95. The Hall–Kier alpha value is -1.07. The molecule has 20 heavy (non-hydrogen) atoms. The molecule has 0 saturated carbocycles. The number of nitrogens with one attached hydrogen (secondary N) is 1. The quantitative estimate of drug-likeness (QED) is 0.829. The largest absolute Gasteiger partial charge is 0.399 e. The van der Waals surface area contributed by atoms with E-state index < -0.39 is 0 Å². The molecule has 1 unspecified atom stereocenters. The number of hydrogen-bond donors (Lipinski definition) is 2. The number of carbonyl (C=O) groups excluding carboxylic acids is 1. The predicted octanol–water partition coefficient (Wildman–Crippen LogP) is 2.95. The maximum atomic E-state index is 12.1. The highest BCUT2D eigenvalue weighted by molar-refractivity contribution is 9.10. The fourth-order valence-corrected chi connectivity index (χ4v) is 3.07. The van der Waals surface area contributed by atoms with Crippen LogP contribution in [0.5, 0.6) is 0 Å². The molecular weight excluding hydrogens is 318 g/mol. The maximum Gasteiger partial charge on any atom is 0.238 e. The van der Waals surface area contributed by atoms with Gasteiger partial charge in [-0.15, -0.1) is 0 Å². The van der Waals surface area contributed by atoms with Crippen molar-refractivity contribution in [1.82, 2.24) is 4.90 Å². The number of amides is 1. The van der Waals surface area contributed by atoms with Crippen LogP contribution in [0.15, 0.2) is 22.7 Å². The van der Waals surface area contributed by atoms with Gasteiger partial charge in [-0.25, -0.2) is 0 Å². The Balaban J connectivity index is 1.87. The number of benzene rings is 1. The summed E-state index contributed by atoms with van der Waals surface area (Å²) in [6, 6.07) is 5.39. The first kappa shape index (κ1) is 15.3. The van der Waals surface area contributed by atoms with Crippen molar-refractivity contribution in [2.24, 2.45) is 11.8 Å². The summed E-state index contributed by atoms with van der Waals surface area (Å²) in [6.07, 6.45) is 1.19. The minimum atomic E-state index is 0.0277. The zero-order valence-corrected chi connectivity index (χ0v) is 13.6. The number of halogens is 1. The Labute approximate surface area is 128 Å². The van der Waals surface area contributed by atoms with Crippen molar-refractivity contribution in [3.63, 3.8) is 0 Å². The molecule has 0 aromatic heterocycles. The summed E-state index contributed by atoms with van der Waals surface area (Å²) >= 11 is 3.41. The Morgan fingerprint density at radius 3 is 2.90 bits per heavy atom. The van der Waals surface area contributed by atoms with Crippen LogP contribution in [0, 0.1) is 11.8 Å². The van der Waals surface area contributed by atoms with Crippen LogP contribution >= 0.6 is 15.9 Å². The van der Waals surface area contributed by atoms with Crippen LogP contribution in [0.1, 0.15) is 20.3 Å². The summed E-state index contributed by atoms with van der Waals surface area (Å²) in [4.78, 5) is 14.3. The summed E-state index contributed by atoms with van der Waals surface area (Å²) < 4.78 is 0.812. The SMILES string of the molecule is CC(C)C1CCN(CC(=O)Nc2ccc(N)cc2Br)C1. The van der Waals surface area contributed by atoms with E-state index in [-0.39, 0.29) is 5.91 Å². The predicted molar refractivity (Wildman–Crippen MR) is 86.6 cm³/mol. The molecule has 3 N–H and O–H groups in total. The highest BCUT2D eigenvalue weighted by Gasteiger charge is 2.26. The number of anilines is 2. The molecule has 4 nitrogen and oxygen atoms in total. The monoisotopic (exact) mass is 339 g/mol. The standard InChI is InChI=1S/C15H22BrN3O/c1-10(2)11-5-6-19(8-11)9-15(20)18-14-4-3-12(17)7-13(14)16/h3-4,7,10-11H,5-6,8-9,17H2,1-2H3,(H,18,20). The number of carbonyl (C=O) groups is 1. The second-order valence-corrected chi connectivity index (χ2v) is 6.67. The molecule has 0 bridgehead atoms. The van der Waals surface area contributed by atoms with Crippen LogP contribution in [-0.2, 0) is 4.79 Å². The lowest BCUT2D eigenvalue weighted by Gasteiger charge is -2.17. The summed E-state index contributed by atoms with van der Waals surface area (Å²) in [5.41, 5.74) is 7.13. The van der Waals surface area contributed by atoms with E-state index in [1.165, 1.54) is 6.42 Å². The smallest absolute Gasteiger partial charge is 0.238 e. The first-order chi connectivity index (χ1) is 9.45. The Bertz CT molecular complexity index is 490. The molecule has 1 heterocycles. The molecule has 1 aromatic carbocycles. The molecule has 1 atom stereocenters. The fourth-order valence-electron chi connectivity index (χ4n) is 2.58. The van der Waals surface area contributed by atoms with Gasteiger partial charge in [-0.1, -0.05) is 13.8 Å². The second-order valence-electron chi connectivity index (χ2n) is 5.82. The van der Waals surface area contributed by atoms with Crippen LogP contribution in [0.25, 0.3) is 0 Å². The first-order valence-corrected chi connectivity index (χ1v) is 7.82. The van der Waals surface area contributed by atoms with Crippen molar-refractivity contribution in [1.29, 1.82) is 0 Å². The molecule has 110 valence electrons. The number of hydrogen-bond acceptors (Lipinski definition) is 3. The van der Waals surface area contributed by atoms with Crippen molar-refractivity contribution < 1.29 is 4.79 Å². The molecule has 1 amide bonds. The van der Waals surface area contributed by atoms with Crippen molar-refractivity contribution in [2.45, 2.75) is 20.3 Å². The van der Waals surface area contributed by atoms with Gasteiger partial charge < -0.3 is 11.1 Å². The average Bonchev–Trinajstić information content (AvgIpc) is 2.81. The number of likely N-dealkylation sites (tertiary alicyclic amines) is 1. The van der Waals surface area contributed by atoms with E-state index in [4.69, 9.17) is 5.73 Å². The van der Waals surface area contributed by atoms with Gasteiger partial charge in [0.1, 0.15) is 0 Å². The van der Waals surface area contributed by atoms with E-state index in [1.54, 1.807) is 12.1 Å². The number of nitrogens with zero attached hydrogens (tertiary/aromatic N) is 1. The van der Waals surface area contributed by atoms with Crippen molar-refractivity contribution in [3.8, 4) is 0 Å². The molecule has 1 saturated heterocycles. The van der Waals surface area contributed by atoms with E-state index in [2.05, 4.69) is 40.0 Å². The molecule has 0 aliphatic carbocycles. The van der Waals surface area contributed by atoms with Crippen molar-refractivity contribution in [2.75, 3.05) is 30.7 Å². The van der Waals surface area contributed by atoms with Gasteiger partial charge in [0.25, 0.3) is 0 Å². The van der Waals surface area contributed by atoms with Crippen molar-refractivity contribution >= 4 is 33.2 Å². The number of nitrogens with two attached hydrogens (primary N) is 1. The van der Waals surface area contributed by atoms with E-state index in [0.717, 1.165) is 23.2 Å². The van der Waals surface area contributed by atoms with Gasteiger partial charge in [0.15, 0.2) is 0 Å². The Kier molecular flexibility index (Phi) is 5.05.